The SMILES string of the molecule is CN(Cc1cnn(C)c1)c1ccc(N)c(C(N)=O)c1. The molecule has 4 N–H and O–H groups in total. The number of aromatic nitrogens is 2. The van der Waals surface area contributed by atoms with Crippen LogP contribution in [-0.2, 0) is 13.6 Å². The van der Waals surface area contributed by atoms with Crippen LogP contribution in [0.3, 0.4) is 0 Å². The second kappa shape index (κ2) is 5.01. The molecule has 6 nitrogen and oxygen atoms in total. The Morgan fingerprint density at radius 1 is 1.47 bits per heavy atom. The molecule has 1 aromatic heterocycles. The van der Waals surface area contributed by atoms with Gasteiger partial charge in [0.25, 0.3) is 5.91 Å². The van der Waals surface area contributed by atoms with Gasteiger partial charge in [-0.2, -0.15) is 5.10 Å². The van der Waals surface area contributed by atoms with E-state index in [0.717, 1.165) is 11.3 Å². The van der Waals surface area contributed by atoms with Gasteiger partial charge in [-0.15, -0.1) is 0 Å². The summed E-state index contributed by atoms with van der Waals surface area (Å²) in [6.07, 6.45) is 3.76. The number of amides is 1. The van der Waals surface area contributed by atoms with E-state index in [1.807, 2.05) is 37.5 Å². The summed E-state index contributed by atoms with van der Waals surface area (Å²) in [6.45, 7) is 0.690. The monoisotopic (exact) mass is 259 g/mol. The van der Waals surface area contributed by atoms with E-state index >= 15 is 0 Å². The third-order valence-corrected chi connectivity index (χ3v) is 2.92. The van der Waals surface area contributed by atoms with Gasteiger partial charge < -0.3 is 16.4 Å². The van der Waals surface area contributed by atoms with Crippen molar-refractivity contribution in [1.29, 1.82) is 0 Å². The fraction of sp³-hybridized carbons (Fsp3) is 0.231. The van der Waals surface area contributed by atoms with Crippen molar-refractivity contribution in [2.45, 2.75) is 6.54 Å². The van der Waals surface area contributed by atoms with Crippen LogP contribution in [0.5, 0.6) is 0 Å². The summed E-state index contributed by atoms with van der Waals surface area (Å²) in [5, 5.41) is 4.12. The molecule has 0 aliphatic carbocycles. The van der Waals surface area contributed by atoms with E-state index in [1.165, 1.54) is 0 Å². The van der Waals surface area contributed by atoms with Crippen LogP contribution in [0, 0.1) is 0 Å². The average Bonchev–Trinajstić information content (AvgIpc) is 2.74. The Bertz CT molecular complexity index is 605. The topological polar surface area (TPSA) is 90.2 Å². The molecule has 0 fully saturated rings. The van der Waals surface area contributed by atoms with Gasteiger partial charge in [-0.25, -0.2) is 0 Å². The number of carbonyl (C=O) groups is 1. The van der Waals surface area contributed by atoms with E-state index in [4.69, 9.17) is 11.5 Å². The van der Waals surface area contributed by atoms with Gasteiger partial charge >= 0.3 is 0 Å². The number of hydrogen-bond donors (Lipinski definition) is 2. The molecule has 0 saturated carbocycles. The quantitative estimate of drug-likeness (QED) is 0.792. The fourth-order valence-electron chi connectivity index (χ4n) is 1.91. The number of carbonyl (C=O) groups excluding carboxylic acids is 1. The fourth-order valence-corrected chi connectivity index (χ4v) is 1.91. The summed E-state index contributed by atoms with van der Waals surface area (Å²) in [5.41, 5.74) is 13.7. The van der Waals surface area contributed by atoms with Crippen LogP contribution in [0.25, 0.3) is 0 Å². The van der Waals surface area contributed by atoms with Gasteiger partial charge in [-0.3, -0.25) is 9.48 Å². The van der Waals surface area contributed by atoms with Crippen LogP contribution in [-0.4, -0.2) is 22.7 Å². The number of hydrogen-bond acceptors (Lipinski definition) is 4. The lowest BCUT2D eigenvalue weighted by molar-refractivity contribution is 0.100. The number of nitrogens with two attached hydrogens (primary N) is 2. The molecule has 1 heterocycles. The standard InChI is InChI=1S/C13H17N5O/c1-17(7-9-6-16-18(2)8-9)10-3-4-12(14)11(5-10)13(15)19/h3-6,8H,7,14H2,1-2H3,(H2,15,19). The van der Waals surface area contributed by atoms with E-state index in [0.29, 0.717) is 17.8 Å². The van der Waals surface area contributed by atoms with Gasteiger partial charge in [0.1, 0.15) is 0 Å². The molecule has 0 saturated heterocycles. The van der Waals surface area contributed by atoms with Crippen LogP contribution >= 0.6 is 0 Å². The third kappa shape index (κ3) is 2.85. The van der Waals surface area contributed by atoms with Crippen LogP contribution in [0.4, 0.5) is 11.4 Å². The van der Waals surface area contributed by atoms with Crippen LogP contribution in [0.2, 0.25) is 0 Å². The second-order valence-electron chi connectivity index (χ2n) is 4.51. The third-order valence-electron chi connectivity index (χ3n) is 2.92. The Kier molecular flexibility index (Phi) is 3.41. The first-order valence-corrected chi connectivity index (χ1v) is 5.85. The summed E-state index contributed by atoms with van der Waals surface area (Å²) in [4.78, 5) is 13.3. The zero-order chi connectivity index (χ0) is 14.0. The Morgan fingerprint density at radius 2 is 2.21 bits per heavy atom. The van der Waals surface area contributed by atoms with Gasteiger partial charge in [0.2, 0.25) is 0 Å². The number of nitrogens with zero attached hydrogens (tertiary/aromatic N) is 3. The van der Waals surface area contributed by atoms with Gasteiger partial charge in [0.05, 0.1) is 11.8 Å². The average molecular weight is 259 g/mol. The second-order valence-corrected chi connectivity index (χ2v) is 4.51. The van der Waals surface area contributed by atoms with E-state index < -0.39 is 5.91 Å². The molecule has 2 rings (SSSR count). The maximum Gasteiger partial charge on any atom is 0.250 e. The zero-order valence-electron chi connectivity index (χ0n) is 11.0. The first kappa shape index (κ1) is 12.9. The lowest BCUT2D eigenvalue weighted by Gasteiger charge is -2.19. The molecule has 0 radical (unpaired) electrons. The summed E-state index contributed by atoms with van der Waals surface area (Å²) >= 11 is 0. The number of aryl methyl sites for hydroxylation is 1. The Labute approximate surface area is 111 Å². The van der Waals surface area contributed by atoms with Gasteiger partial charge in [0, 0.05) is 43.8 Å². The minimum absolute atomic E-state index is 0.343. The molecule has 0 unspecified atom stereocenters. The highest BCUT2D eigenvalue weighted by molar-refractivity contribution is 5.99. The first-order valence-electron chi connectivity index (χ1n) is 5.85. The predicted molar refractivity (Wildman–Crippen MR) is 74.7 cm³/mol. The Balaban J connectivity index is 2.21. The minimum Gasteiger partial charge on any atom is -0.398 e. The molecule has 1 aromatic carbocycles. The van der Waals surface area contributed by atoms with Crippen molar-refractivity contribution in [3.63, 3.8) is 0 Å². The van der Waals surface area contributed by atoms with Crippen LogP contribution in [0.15, 0.2) is 30.6 Å². The van der Waals surface area contributed by atoms with Gasteiger partial charge in [-0.1, -0.05) is 0 Å². The highest BCUT2D eigenvalue weighted by Gasteiger charge is 2.10. The highest BCUT2D eigenvalue weighted by atomic mass is 16.1. The predicted octanol–water partition coefficient (Wildman–Crippen LogP) is 0.738. The van der Waals surface area contributed by atoms with Crippen LogP contribution in [0.1, 0.15) is 15.9 Å². The number of nitrogen functional groups attached to an aromatic ring is 1. The molecule has 1 amide bonds. The number of benzene rings is 1. The van der Waals surface area contributed by atoms with Crippen molar-refractivity contribution >= 4 is 17.3 Å². The van der Waals surface area contributed by atoms with Crippen molar-refractivity contribution in [3.05, 3.63) is 41.7 Å². The lowest BCUT2D eigenvalue weighted by Crippen LogP contribution is -2.18. The molecule has 0 spiro atoms. The van der Waals surface area contributed by atoms with Crippen LogP contribution < -0.4 is 16.4 Å². The van der Waals surface area contributed by atoms with Gasteiger partial charge in [0.15, 0.2) is 0 Å². The lowest BCUT2D eigenvalue weighted by atomic mass is 10.1. The van der Waals surface area contributed by atoms with Crippen molar-refractivity contribution in [1.82, 2.24) is 9.78 Å². The molecule has 19 heavy (non-hydrogen) atoms. The molecular formula is C13H17N5O. The molecule has 100 valence electrons. The molecule has 0 aliphatic heterocycles. The summed E-state index contributed by atoms with van der Waals surface area (Å²) in [7, 11) is 3.81. The Morgan fingerprint density at radius 3 is 2.79 bits per heavy atom. The van der Waals surface area contributed by atoms with E-state index in [-0.39, 0.29) is 0 Å². The number of anilines is 2. The Hall–Kier alpha value is -2.50. The largest absolute Gasteiger partial charge is 0.398 e. The number of primary amides is 1. The smallest absolute Gasteiger partial charge is 0.250 e. The maximum atomic E-state index is 11.3. The first-order chi connectivity index (χ1) is 8.97. The normalized spacial score (nSPS) is 10.4. The minimum atomic E-state index is -0.519. The van der Waals surface area contributed by atoms with E-state index in [9.17, 15) is 4.79 Å². The van der Waals surface area contributed by atoms with Crippen molar-refractivity contribution in [3.8, 4) is 0 Å². The van der Waals surface area contributed by atoms with E-state index in [1.54, 1.807) is 16.8 Å². The zero-order valence-corrected chi connectivity index (χ0v) is 11.0. The maximum absolute atomic E-state index is 11.3. The van der Waals surface area contributed by atoms with Crippen molar-refractivity contribution in [2.24, 2.45) is 12.8 Å². The summed E-state index contributed by atoms with van der Waals surface area (Å²) in [5.74, 6) is -0.519. The van der Waals surface area contributed by atoms with E-state index in [2.05, 4.69) is 5.10 Å². The highest BCUT2D eigenvalue weighted by Crippen LogP contribution is 2.21. The van der Waals surface area contributed by atoms with Gasteiger partial charge in [-0.05, 0) is 18.2 Å². The molecule has 0 aliphatic rings. The molecule has 6 heteroatoms. The summed E-state index contributed by atoms with van der Waals surface area (Å²) < 4.78 is 1.75. The molecule has 0 bridgehead atoms. The summed E-state index contributed by atoms with van der Waals surface area (Å²) in [6, 6.07) is 5.25. The molecular weight excluding hydrogens is 242 g/mol. The number of rotatable bonds is 4. The van der Waals surface area contributed by atoms with Crippen molar-refractivity contribution in [2.75, 3.05) is 17.7 Å². The molecule has 2 aromatic rings. The van der Waals surface area contributed by atoms with Crippen molar-refractivity contribution < 1.29 is 4.79 Å². The molecule has 0 atom stereocenters.